The van der Waals surface area contributed by atoms with Gasteiger partial charge in [0, 0.05) is 24.4 Å². The maximum absolute atomic E-state index is 10.2. The molecule has 4 heteroatoms. The first-order chi connectivity index (χ1) is 7.41. The number of aliphatic hydroxyl groups is 1. The summed E-state index contributed by atoms with van der Waals surface area (Å²) < 4.78 is 10.4. The molecule has 1 rings (SSSR count). The summed E-state index contributed by atoms with van der Waals surface area (Å²) in [4.78, 5) is 4.23. The number of rotatable bonds is 4. The third-order valence-electron chi connectivity index (χ3n) is 2.41. The van der Waals surface area contributed by atoms with Gasteiger partial charge in [-0.05, 0) is 20.8 Å². The van der Waals surface area contributed by atoms with Gasteiger partial charge in [-0.25, -0.2) is 0 Å². The van der Waals surface area contributed by atoms with E-state index in [0.717, 1.165) is 16.8 Å². The highest BCUT2D eigenvalue weighted by atomic mass is 16.5. The van der Waals surface area contributed by atoms with E-state index in [1.165, 1.54) is 0 Å². The SMILES string of the molecule is COCc1cnc(C)c(OC)c1C(C)(C)O. The summed E-state index contributed by atoms with van der Waals surface area (Å²) in [6, 6.07) is 0. The van der Waals surface area contributed by atoms with Crippen LogP contribution in [0.2, 0.25) is 0 Å². The van der Waals surface area contributed by atoms with Crippen molar-refractivity contribution in [1.82, 2.24) is 4.98 Å². The summed E-state index contributed by atoms with van der Waals surface area (Å²) in [5.41, 5.74) is 1.37. The van der Waals surface area contributed by atoms with Crippen LogP contribution in [0.15, 0.2) is 6.20 Å². The van der Waals surface area contributed by atoms with Crippen LogP contribution >= 0.6 is 0 Å². The van der Waals surface area contributed by atoms with E-state index >= 15 is 0 Å². The van der Waals surface area contributed by atoms with Gasteiger partial charge in [0.15, 0.2) is 0 Å². The van der Waals surface area contributed by atoms with Gasteiger partial charge in [0.2, 0.25) is 0 Å². The number of hydrogen-bond acceptors (Lipinski definition) is 4. The van der Waals surface area contributed by atoms with Gasteiger partial charge in [-0.3, -0.25) is 4.98 Å². The van der Waals surface area contributed by atoms with E-state index in [1.54, 1.807) is 34.3 Å². The zero-order valence-corrected chi connectivity index (χ0v) is 10.5. The van der Waals surface area contributed by atoms with Crippen molar-refractivity contribution in [2.75, 3.05) is 14.2 Å². The lowest BCUT2D eigenvalue weighted by atomic mass is 9.93. The molecule has 0 saturated heterocycles. The molecule has 0 fully saturated rings. The zero-order chi connectivity index (χ0) is 12.3. The molecule has 0 radical (unpaired) electrons. The van der Waals surface area contributed by atoms with Crippen molar-refractivity contribution >= 4 is 0 Å². The molecule has 0 unspecified atom stereocenters. The third kappa shape index (κ3) is 2.51. The highest BCUT2D eigenvalue weighted by Gasteiger charge is 2.26. The van der Waals surface area contributed by atoms with Gasteiger partial charge in [0.25, 0.3) is 0 Å². The number of nitrogens with zero attached hydrogens (tertiary/aromatic N) is 1. The number of pyridine rings is 1. The first-order valence-electron chi connectivity index (χ1n) is 5.16. The van der Waals surface area contributed by atoms with Gasteiger partial charge in [0.1, 0.15) is 5.75 Å². The van der Waals surface area contributed by atoms with Crippen LogP contribution in [-0.2, 0) is 16.9 Å². The second-order valence-corrected chi connectivity index (χ2v) is 4.27. The molecule has 0 aliphatic heterocycles. The van der Waals surface area contributed by atoms with Gasteiger partial charge in [-0.1, -0.05) is 0 Å². The third-order valence-corrected chi connectivity index (χ3v) is 2.41. The molecule has 0 saturated carbocycles. The molecule has 0 aliphatic carbocycles. The van der Waals surface area contributed by atoms with Crippen molar-refractivity contribution in [3.63, 3.8) is 0 Å². The minimum Gasteiger partial charge on any atom is -0.494 e. The molecule has 0 amide bonds. The molecule has 4 nitrogen and oxygen atoms in total. The minimum absolute atomic E-state index is 0.406. The van der Waals surface area contributed by atoms with Gasteiger partial charge in [-0.2, -0.15) is 0 Å². The lowest BCUT2D eigenvalue weighted by Gasteiger charge is -2.24. The number of methoxy groups -OCH3 is 2. The van der Waals surface area contributed by atoms with Crippen molar-refractivity contribution in [3.8, 4) is 5.75 Å². The van der Waals surface area contributed by atoms with Gasteiger partial charge in [0.05, 0.1) is 25.0 Å². The zero-order valence-electron chi connectivity index (χ0n) is 10.5. The lowest BCUT2D eigenvalue weighted by molar-refractivity contribution is 0.0712. The first kappa shape index (κ1) is 12.9. The smallest absolute Gasteiger partial charge is 0.146 e. The second-order valence-electron chi connectivity index (χ2n) is 4.27. The van der Waals surface area contributed by atoms with Crippen molar-refractivity contribution in [2.24, 2.45) is 0 Å². The highest BCUT2D eigenvalue weighted by Crippen LogP contribution is 2.34. The number of aromatic nitrogens is 1. The Morgan fingerprint density at radius 1 is 1.38 bits per heavy atom. The van der Waals surface area contributed by atoms with E-state index in [-0.39, 0.29) is 0 Å². The molecule has 1 N–H and O–H groups in total. The quantitative estimate of drug-likeness (QED) is 0.848. The van der Waals surface area contributed by atoms with Gasteiger partial charge in [-0.15, -0.1) is 0 Å². The van der Waals surface area contributed by atoms with E-state index in [4.69, 9.17) is 9.47 Å². The summed E-state index contributed by atoms with van der Waals surface area (Å²) >= 11 is 0. The standard InChI is InChI=1S/C12H19NO3/c1-8-11(16-5)10(12(2,3)14)9(6-13-8)7-15-4/h6,14H,7H2,1-5H3. The molecule has 0 bridgehead atoms. The van der Waals surface area contributed by atoms with Crippen LogP contribution in [0.3, 0.4) is 0 Å². The predicted molar refractivity (Wildman–Crippen MR) is 61.5 cm³/mol. The first-order valence-corrected chi connectivity index (χ1v) is 5.16. The van der Waals surface area contributed by atoms with Crippen LogP contribution in [0.1, 0.15) is 30.7 Å². The molecular formula is C12H19NO3. The molecule has 0 aromatic carbocycles. The topological polar surface area (TPSA) is 51.6 Å². The average molecular weight is 225 g/mol. The number of hydrogen-bond donors (Lipinski definition) is 1. The molecule has 1 aromatic rings. The largest absolute Gasteiger partial charge is 0.494 e. The number of ether oxygens (including phenoxy) is 2. The molecule has 1 aromatic heterocycles. The van der Waals surface area contributed by atoms with E-state index in [1.807, 2.05) is 6.92 Å². The Hall–Kier alpha value is -1.13. The summed E-state index contributed by atoms with van der Waals surface area (Å²) in [6.07, 6.45) is 1.72. The molecule has 0 aliphatic rings. The molecular weight excluding hydrogens is 206 g/mol. The summed E-state index contributed by atoms with van der Waals surface area (Å²) in [6.45, 7) is 5.71. The lowest BCUT2D eigenvalue weighted by Crippen LogP contribution is -2.20. The molecule has 16 heavy (non-hydrogen) atoms. The fourth-order valence-corrected chi connectivity index (χ4v) is 1.81. The van der Waals surface area contributed by atoms with Crippen LogP contribution in [0.25, 0.3) is 0 Å². The molecule has 90 valence electrons. The molecule has 1 heterocycles. The molecule has 0 spiro atoms. The second kappa shape index (κ2) is 4.80. The van der Waals surface area contributed by atoms with E-state index in [9.17, 15) is 5.11 Å². The maximum Gasteiger partial charge on any atom is 0.146 e. The fourth-order valence-electron chi connectivity index (χ4n) is 1.81. The van der Waals surface area contributed by atoms with E-state index in [2.05, 4.69) is 4.98 Å². The summed E-state index contributed by atoms with van der Waals surface area (Å²) in [5, 5.41) is 10.2. The predicted octanol–water partition coefficient (Wildman–Crippen LogP) is 1.77. The normalized spacial score (nSPS) is 11.6. The maximum atomic E-state index is 10.2. The Labute approximate surface area is 96.2 Å². The van der Waals surface area contributed by atoms with Gasteiger partial charge >= 0.3 is 0 Å². The summed E-state index contributed by atoms with van der Waals surface area (Å²) in [7, 11) is 3.19. The van der Waals surface area contributed by atoms with E-state index in [0.29, 0.717) is 12.4 Å². The van der Waals surface area contributed by atoms with Crippen LogP contribution < -0.4 is 4.74 Å². The Bertz CT molecular complexity index is 369. The number of aryl methyl sites for hydroxylation is 1. The Balaban J connectivity index is 3.41. The highest BCUT2D eigenvalue weighted by molar-refractivity contribution is 5.45. The van der Waals surface area contributed by atoms with Crippen molar-refractivity contribution in [2.45, 2.75) is 33.0 Å². The van der Waals surface area contributed by atoms with Crippen molar-refractivity contribution in [3.05, 3.63) is 23.0 Å². The van der Waals surface area contributed by atoms with Crippen LogP contribution in [0, 0.1) is 6.92 Å². The summed E-state index contributed by atoms with van der Waals surface area (Å²) in [5.74, 6) is 0.627. The average Bonchev–Trinajstić information content (AvgIpc) is 2.18. The monoisotopic (exact) mass is 225 g/mol. The van der Waals surface area contributed by atoms with Crippen molar-refractivity contribution < 1.29 is 14.6 Å². The minimum atomic E-state index is -0.979. The van der Waals surface area contributed by atoms with Crippen LogP contribution in [0.5, 0.6) is 5.75 Å². The van der Waals surface area contributed by atoms with E-state index < -0.39 is 5.60 Å². The Morgan fingerprint density at radius 2 is 2.00 bits per heavy atom. The fraction of sp³-hybridized carbons (Fsp3) is 0.583. The van der Waals surface area contributed by atoms with Gasteiger partial charge < -0.3 is 14.6 Å². The Kier molecular flexibility index (Phi) is 3.88. The van der Waals surface area contributed by atoms with Crippen LogP contribution in [0.4, 0.5) is 0 Å². The Morgan fingerprint density at radius 3 is 2.44 bits per heavy atom. The van der Waals surface area contributed by atoms with Crippen LogP contribution in [-0.4, -0.2) is 24.3 Å². The molecule has 0 atom stereocenters. The van der Waals surface area contributed by atoms with Crippen molar-refractivity contribution in [1.29, 1.82) is 0 Å².